The monoisotopic (exact) mass is 197 g/mol. The Kier molecular flexibility index (Phi) is 3.45. The van der Waals surface area contributed by atoms with Crippen LogP contribution in [0.5, 0.6) is 0 Å². The molecule has 0 bridgehead atoms. The first-order chi connectivity index (χ1) is 6.75. The number of aliphatic hydroxyl groups excluding tert-OH is 1. The molecule has 0 aromatic heterocycles. The van der Waals surface area contributed by atoms with E-state index in [0.717, 1.165) is 24.8 Å². The molecule has 1 aliphatic carbocycles. The normalized spacial score (nSPS) is 45.0. The molecule has 2 nitrogen and oxygen atoms in total. The number of hydrogen-bond donors (Lipinski definition) is 2. The number of nitrogens with one attached hydrogen (secondary N) is 1. The molecule has 0 amide bonds. The van der Waals surface area contributed by atoms with Crippen molar-refractivity contribution >= 4 is 0 Å². The zero-order chi connectivity index (χ0) is 9.97. The second kappa shape index (κ2) is 4.63. The number of β-amino-alcohol motifs (C(OH)–C–C–N with tert-alkyl or cyclic N) is 1. The molecule has 2 unspecified atom stereocenters. The summed E-state index contributed by atoms with van der Waals surface area (Å²) in [4.78, 5) is 0. The van der Waals surface area contributed by atoms with Gasteiger partial charge in [0.05, 0.1) is 6.10 Å². The lowest BCUT2D eigenvalue weighted by Gasteiger charge is -2.36. The Morgan fingerprint density at radius 1 is 1.00 bits per heavy atom. The Morgan fingerprint density at radius 2 is 1.71 bits per heavy atom. The lowest BCUT2D eigenvalue weighted by atomic mass is 9.77. The van der Waals surface area contributed by atoms with Gasteiger partial charge < -0.3 is 10.4 Å². The largest absolute Gasteiger partial charge is 0.392 e. The van der Waals surface area contributed by atoms with Gasteiger partial charge in [-0.15, -0.1) is 0 Å². The smallest absolute Gasteiger partial charge is 0.0665 e. The van der Waals surface area contributed by atoms with Gasteiger partial charge in [-0.05, 0) is 37.5 Å². The van der Waals surface area contributed by atoms with E-state index in [2.05, 4.69) is 12.2 Å². The van der Waals surface area contributed by atoms with E-state index in [9.17, 15) is 5.11 Å². The molecule has 1 saturated carbocycles. The van der Waals surface area contributed by atoms with Gasteiger partial charge in [-0.3, -0.25) is 0 Å². The summed E-state index contributed by atoms with van der Waals surface area (Å²) in [5, 5.41) is 12.9. The Labute approximate surface area is 87.1 Å². The van der Waals surface area contributed by atoms with Crippen LogP contribution in [0.3, 0.4) is 0 Å². The standard InChI is InChI=1S/C12H23NO/c1-9-2-4-10(5-3-9)12-7-6-11(14)8-13-12/h9-14H,2-8H2,1H3. The molecule has 1 saturated heterocycles. The third kappa shape index (κ3) is 2.48. The summed E-state index contributed by atoms with van der Waals surface area (Å²) in [6.07, 6.45) is 7.71. The molecule has 14 heavy (non-hydrogen) atoms. The molecule has 2 aliphatic rings. The molecule has 2 atom stereocenters. The Morgan fingerprint density at radius 3 is 2.29 bits per heavy atom. The molecule has 1 aliphatic heterocycles. The van der Waals surface area contributed by atoms with E-state index in [1.54, 1.807) is 0 Å². The highest BCUT2D eigenvalue weighted by Crippen LogP contribution is 2.32. The Hall–Kier alpha value is -0.0800. The van der Waals surface area contributed by atoms with Gasteiger partial charge in [0, 0.05) is 12.6 Å². The molecule has 0 radical (unpaired) electrons. The molecular weight excluding hydrogens is 174 g/mol. The first kappa shape index (κ1) is 10.4. The van der Waals surface area contributed by atoms with E-state index >= 15 is 0 Å². The fraction of sp³-hybridized carbons (Fsp3) is 1.00. The molecule has 0 spiro atoms. The van der Waals surface area contributed by atoms with Crippen molar-refractivity contribution in [2.75, 3.05) is 6.54 Å². The van der Waals surface area contributed by atoms with Crippen molar-refractivity contribution in [3.8, 4) is 0 Å². The number of hydrogen-bond acceptors (Lipinski definition) is 2. The fourth-order valence-corrected chi connectivity index (χ4v) is 2.95. The van der Waals surface area contributed by atoms with Crippen LogP contribution in [0.2, 0.25) is 0 Å². The van der Waals surface area contributed by atoms with Crippen LogP contribution in [0, 0.1) is 11.8 Å². The third-order valence-corrected chi connectivity index (χ3v) is 4.06. The van der Waals surface area contributed by atoms with Gasteiger partial charge >= 0.3 is 0 Å². The molecule has 2 N–H and O–H groups in total. The van der Waals surface area contributed by atoms with Crippen LogP contribution in [-0.2, 0) is 0 Å². The van der Waals surface area contributed by atoms with Gasteiger partial charge in [-0.1, -0.05) is 19.8 Å². The molecule has 0 aromatic carbocycles. The summed E-state index contributed by atoms with van der Waals surface area (Å²) < 4.78 is 0. The SMILES string of the molecule is CC1CCC(C2CCC(O)CN2)CC1. The number of aliphatic hydroxyl groups is 1. The van der Waals surface area contributed by atoms with Crippen molar-refractivity contribution in [1.29, 1.82) is 0 Å². The van der Waals surface area contributed by atoms with Crippen LogP contribution < -0.4 is 5.32 Å². The highest BCUT2D eigenvalue weighted by Gasteiger charge is 2.28. The maximum absolute atomic E-state index is 9.40. The van der Waals surface area contributed by atoms with Gasteiger partial charge in [0.2, 0.25) is 0 Å². The summed E-state index contributed by atoms with van der Waals surface area (Å²) in [6.45, 7) is 3.19. The Balaban J connectivity index is 1.78. The molecule has 82 valence electrons. The summed E-state index contributed by atoms with van der Waals surface area (Å²) in [6, 6.07) is 0.700. The topological polar surface area (TPSA) is 32.3 Å². The highest BCUT2D eigenvalue weighted by atomic mass is 16.3. The van der Waals surface area contributed by atoms with E-state index in [1.165, 1.54) is 32.1 Å². The van der Waals surface area contributed by atoms with E-state index in [0.29, 0.717) is 6.04 Å². The Bertz CT molecular complexity index is 147. The fourth-order valence-electron chi connectivity index (χ4n) is 2.95. The average Bonchev–Trinajstić information content (AvgIpc) is 2.21. The zero-order valence-corrected chi connectivity index (χ0v) is 9.21. The van der Waals surface area contributed by atoms with Crippen molar-refractivity contribution in [2.24, 2.45) is 11.8 Å². The van der Waals surface area contributed by atoms with Gasteiger partial charge in [0.25, 0.3) is 0 Å². The molecule has 2 heteroatoms. The van der Waals surface area contributed by atoms with Crippen LogP contribution in [0.4, 0.5) is 0 Å². The minimum Gasteiger partial charge on any atom is -0.392 e. The first-order valence-electron chi connectivity index (χ1n) is 6.17. The third-order valence-electron chi connectivity index (χ3n) is 4.06. The van der Waals surface area contributed by atoms with Crippen LogP contribution in [0.1, 0.15) is 45.4 Å². The van der Waals surface area contributed by atoms with E-state index in [-0.39, 0.29) is 6.10 Å². The average molecular weight is 197 g/mol. The summed E-state index contributed by atoms with van der Waals surface area (Å²) in [5.41, 5.74) is 0. The summed E-state index contributed by atoms with van der Waals surface area (Å²) in [5.74, 6) is 1.83. The lowest BCUT2D eigenvalue weighted by Crippen LogP contribution is -2.46. The highest BCUT2D eigenvalue weighted by molar-refractivity contribution is 4.85. The van der Waals surface area contributed by atoms with Crippen molar-refractivity contribution in [3.05, 3.63) is 0 Å². The molecular formula is C12H23NO. The summed E-state index contributed by atoms with van der Waals surface area (Å²) in [7, 11) is 0. The van der Waals surface area contributed by atoms with E-state index in [4.69, 9.17) is 0 Å². The van der Waals surface area contributed by atoms with Crippen LogP contribution in [0.25, 0.3) is 0 Å². The molecule has 1 heterocycles. The second-order valence-electron chi connectivity index (χ2n) is 5.27. The minimum absolute atomic E-state index is 0.0891. The first-order valence-corrected chi connectivity index (χ1v) is 6.17. The maximum atomic E-state index is 9.40. The second-order valence-corrected chi connectivity index (χ2v) is 5.27. The van der Waals surface area contributed by atoms with Gasteiger partial charge in [0.1, 0.15) is 0 Å². The number of rotatable bonds is 1. The van der Waals surface area contributed by atoms with Crippen LogP contribution in [0.15, 0.2) is 0 Å². The van der Waals surface area contributed by atoms with E-state index in [1.807, 2.05) is 0 Å². The van der Waals surface area contributed by atoms with Crippen LogP contribution >= 0.6 is 0 Å². The molecule has 0 aromatic rings. The van der Waals surface area contributed by atoms with Gasteiger partial charge in [-0.2, -0.15) is 0 Å². The van der Waals surface area contributed by atoms with Crippen molar-refractivity contribution in [3.63, 3.8) is 0 Å². The summed E-state index contributed by atoms with van der Waals surface area (Å²) >= 11 is 0. The van der Waals surface area contributed by atoms with Crippen molar-refractivity contribution < 1.29 is 5.11 Å². The maximum Gasteiger partial charge on any atom is 0.0665 e. The zero-order valence-electron chi connectivity index (χ0n) is 9.21. The van der Waals surface area contributed by atoms with Gasteiger partial charge in [0.15, 0.2) is 0 Å². The van der Waals surface area contributed by atoms with Crippen molar-refractivity contribution in [1.82, 2.24) is 5.32 Å². The van der Waals surface area contributed by atoms with Gasteiger partial charge in [-0.25, -0.2) is 0 Å². The minimum atomic E-state index is -0.0891. The van der Waals surface area contributed by atoms with Crippen LogP contribution in [-0.4, -0.2) is 23.8 Å². The molecule has 2 fully saturated rings. The number of piperidine rings is 1. The molecule has 2 rings (SSSR count). The predicted octanol–water partition coefficient (Wildman–Crippen LogP) is 1.93. The lowest BCUT2D eigenvalue weighted by molar-refractivity contribution is 0.101. The predicted molar refractivity (Wildman–Crippen MR) is 58.2 cm³/mol. The van der Waals surface area contributed by atoms with E-state index < -0.39 is 0 Å². The quantitative estimate of drug-likeness (QED) is 0.673. The van der Waals surface area contributed by atoms with Crippen molar-refractivity contribution in [2.45, 2.75) is 57.6 Å².